The maximum absolute atomic E-state index is 12.8. The summed E-state index contributed by atoms with van der Waals surface area (Å²) < 4.78 is 29.6. The van der Waals surface area contributed by atoms with E-state index in [2.05, 4.69) is 47.4 Å². The number of hydrogen-bond acceptors (Lipinski definition) is 3. The summed E-state index contributed by atoms with van der Waals surface area (Å²) in [6.45, 7) is 4.41. The van der Waals surface area contributed by atoms with E-state index in [1.807, 2.05) is 6.92 Å². The molecule has 0 saturated carbocycles. The molecule has 0 aliphatic rings. The van der Waals surface area contributed by atoms with Gasteiger partial charge in [0.15, 0.2) is 0 Å². The molecule has 1 N–H and O–H groups in total. The van der Waals surface area contributed by atoms with Crippen molar-refractivity contribution in [2.75, 3.05) is 0 Å². The second kappa shape index (κ2) is 7.52. The molecular formula is C13H15Br2F2N5O. The van der Waals surface area contributed by atoms with Crippen molar-refractivity contribution in [1.82, 2.24) is 24.9 Å². The van der Waals surface area contributed by atoms with Gasteiger partial charge in [0, 0.05) is 6.54 Å². The van der Waals surface area contributed by atoms with E-state index in [-0.39, 0.29) is 29.2 Å². The highest BCUT2D eigenvalue weighted by Crippen LogP contribution is 2.28. The lowest BCUT2D eigenvalue weighted by Crippen LogP contribution is -2.29. The first kappa shape index (κ1) is 18.1. The average molecular weight is 455 g/mol. The molecule has 2 heterocycles. The molecule has 0 spiro atoms. The molecule has 0 aromatic carbocycles. The fraction of sp³-hybridized carbons (Fsp3) is 0.462. The monoisotopic (exact) mass is 453 g/mol. The van der Waals surface area contributed by atoms with Crippen LogP contribution in [0.2, 0.25) is 0 Å². The second-order valence-electron chi connectivity index (χ2n) is 4.77. The molecule has 2 aromatic heterocycles. The van der Waals surface area contributed by atoms with Gasteiger partial charge in [-0.2, -0.15) is 10.2 Å². The number of aromatic nitrogens is 4. The van der Waals surface area contributed by atoms with E-state index >= 15 is 0 Å². The third kappa shape index (κ3) is 3.97. The van der Waals surface area contributed by atoms with Crippen molar-refractivity contribution >= 4 is 37.8 Å². The number of carbonyl (C=O) groups excluding carboxylic acids is 1. The van der Waals surface area contributed by atoms with Gasteiger partial charge in [0.25, 0.3) is 6.43 Å². The van der Waals surface area contributed by atoms with E-state index in [4.69, 9.17) is 0 Å². The summed E-state index contributed by atoms with van der Waals surface area (Å²) in [5.41, 5.74) is 0.963. The number of alkyl halides is 2. The number of hydrogen-bond donors (Lipinski definition) is 1. The number of nitrogens with zero attached hydrogens (tertiary/aromatic N) is 4. The molecule has 0 radical (unpaired) electrons. The number of amides is 1. The van der Waals surface area contributed by atoms with E-state index in [9.17, 15) is 13.6 Å². The molecule has 23 heavy (non-hydrogen) atoms. The van der Waals surface area contributed by atoms with Crippen LogP contribution in [-0.4, -0.2) is 25.5 Å². The summed E-state index contributed by atoms with van der Waals surface area (Å²) in [6.07, 6.45) is -1.03. The highest BCUT2D eigenvalue weighted by Gasteiger charge is 2.21. The van der Waals surface area contributed by atoms with Crippen molar-refractivity contribution < 1.29 is 13.6 Å². The van der Waals surface area contributed by atoms with Crippen LogP contribution < -0.4 is 5.32 Å². The first-order valence-corrected chi connectivity index (χ1v) is 8.41. The van der Waals surface area contributed by atoms with Gasteiger partial charge < -0.3 is 5.32 Å². The number of aryl methyl sites for hydroxylation is 1. The Hall–Kier alpha value is -1.29. The topological polar surface area (TPSA) is 64.7 Å². The molecule has 2 aromatic rings. The molecule has 0 fully saturated rings. The maximum Gasteiger partial charge on any atom is 0.283 e. The van der Waals surface area contributed by atoms with Crippen molar-refractivity contribution in [3.63, 3.8) is 0 Å². The summed E-state index contributed by atoms with van der Waals surface area (Å²) in [5, 5.41) is 10.7. The van der Waals surface area contributed by atoms with Gasteiger partial charge in [0.05, 0.1) is 33.1 Å². The molecule has 0 aliphatic heterocycles. The van der Waals surface area contributed by atoms with E-state index in [1.165, 1.54) is 4.68 Å². The summed E-state index contributed by atoms with van der Waals surface area (Å²) in [4.78, 5) is 12.0. The van der Waals surface area contributed by atoms with Gasteiger partial charge in [-0.25, -0.2) is 8.78 Å². The molecule has 0 unspecified atom stereocenters. The Morgan fingerprint density at radius 2 is 2.09 bits per heavy atom. The van der Waals surface area contributed by atoms with Gasteiger partial charge in [-0.05, 0) is 45.7 Å². The standard InChI is InChI=1S/C13H15Br2F2N5O/c1-3-21-9(8(14)4-19-21)5-18-10(23)6-22-7(2)11(15)12(20-22)13(16)17/h4,13H,3,5-6H2,1-2H3,(H,18,23). The molecule has 0 atom stereocenters. The third-order valence-electron chi connectivity index (χ3n) is 3.31. The predicted molar refractivity (Wildman–Crippen MR) is 87.1 cm³/mol. The minimum absolute atomic E-state index is 0.130. The van der Waals surface area contributed by atoms with Crippen LogP contribution >= 0.6 is 31.9 Å². The number of halogens is 4. The Morgan fingerprint density at radius 1 is 1.39 bits per heavy atom. The number of nitrogens with one attached hydrogen (secondary N) is 1. The first-order valence-electron chi connectivity index (χ1n) is 6.83. The summed E-state index contributed by atoms with van der Waals surface area (Å²) in [6, 6.07) is 0. The van der Waals surface area contributed by atoms with Crippen molar-refractivity contribution in [2.45, 2.75) is 39.9 Å². The Balaban J connectivity index is 2.03. The highest BCUT2D eigenvalue weighted by atomic mass is 79.9. The van der Waals surface area contributed by atoms with Crippen LogP contribution in [0.5, 0.6) is 0 Å². The van der Waals surface area contributed by atoms with Crippen LogP contribution in [0, 0.1) is 6.92 Å². The van der Waals surface area contributed by atoms with Crippen LogP contribution in [0.15, 0.2) is 15.1 Å². The zero-order valence-electron chi connectivity index (χ0n) is 12.5. The van der Waals surface area contributed by atoms with Crippen LogP contribution in [0.1, 0.15) is 30.4 Å². The van der Waals surface area contributed by atoms with Gasteiger partial charge in [0.2, 0.25) is 5.91 Å². The molecule has 0 saturated heterocycles. The molecule has 10 heteroatoms. The van der Waals surface area contributed by atoms with Crippen LogP contribution in [0.3, 0.4) is 0 Å². The zero-order valence-corrected chi connectivity index (χ0v) is 15.7. The fourth-order valence-corrected chi connectivity index (χ4v) is 2.94. The predicted octanol–water partition coefficient (Wildman–Crippen LogP) is 3.19. The molecule has 2 rings (SSSR count). The molecule has 0 aliphatic carbocycles. The minimum atomic E-state index is -2.69. The van der Waals surface area contributed by atoms with Crippen molar-refractivity contribution in [1.29, 1.82) is 0 Å². The van der Waals surface area contributed by atoms with Crippen molar-refractivity contribution in [3.8, 4) is 0 Å². The van der Waals surface area contributed by atoms with Crippen LogP contribution in [0.4, 0.5) is 8.78 Å². The number of carbonyl (C=O) groups is 1. The largest absolute Gasteiger partial charge is 0.349 e. The molecule has 126 valence electrons. The molecule has 1 amide bonds. The van der Waals surface area contributed by atoms with Crippen LogP contribution in [0.25, 0.3) is 0 Å². The van der Waals surface area contributed by atoms with Gasteiger partial charge in [-0.3, -0.25) is 14.2 Å². The Bertz CT molecular complexity index is 714. The van der Waals surface area contributed by atoms with Gasteiger partial charge in [-0.1, -0.05) is 0 Å². The van der Waals surface area contributed by atoms with Gasteiger partial charge in [-0.15, -0.1) is 0 Å². The van der Waals surface area contributed by atoms with E-state index < -0.39 is 6.43 Å². The smallest absolute Gasteiger partial charge is 0.283 e. The lowest BCUT2D eigenvalue weighted by Gasteiger charge is -2.09. The SMILES string of the molecule is CCn1ncc(Br)c1CNC(=O)Cn1nc(C(F)F)c(Br)c1C. The average Bonchev–Trinajstić information content (AvgIpc) is 2.99. The molecule has 6 nitrogen and oxygen atoms in total. The van der Waals surface area contributed by atoms with Crippen LogP contribution in [-0.2, 0) is 24.4 Å². The van der Waals surface area contributed by atoms with Gasteiger partial charge >= 0.3 is 0 Å². The van der Waals surface area contributed by atoms with E-state index in [0.717, 1.165) is 10.2 Å². The van der Waals surface area contributed by atoms with Crippen molar-refractivity contribution in [3.05, 3.63) is 32.2 Å². The Labute approximate surface area is 148 Å². The lowest BCUT2D eigenvalue weighted by atomic mass is 10.4. The summed E-state index contributed by atoms with van der Waals surface area (Å²) in [7, 11) is 0. The third-order valence-corrected chi connectivity index (χ3v) is 4.95. The van der Waals surface area contributed by atoms with Crippen molar-refractivity contribution in [2.24, 2.45) is 0 Å². The lowest BCUT2D eigenvalue weighted by molar-refractivity contribution is -0.122. The Kier molecular flexibility index (Phi) is 5.90. The maximum atomic E-state index is 12.8. The second-order valence-corrected chi connectivity index (χ2v) is 6.42. The fourth-order valence-electron chi connectivity index (χ4n) is 2.05. The van der Waals surface area contributed by atoms with E-state index in [1.54, 1.807) is 17.8 Å². The summed E-state index contributed by atoms with van der Waals surface area (Å²) >= 11 is 6.45. The molecule has 0 bridgehead atoms. The quantitative estimate of drug-likeness (QED) is 0.728. The zero-order chi connectivity index (χ0) is 17.1. The number of rotatable bonds is 6. The van der Waals surface area contributed by atoms with E-state index in [0.29, 0.717) is 12.2 Å². The normalized spacial score (nSPS) is 11.3. The summed E-state index contributed by atoms with van der Waals surface area (Å²) in [5.74, 6) is -0.320. The minimum Gasteiger partial charge on any atom is -0.349 e. The van der Waals surface area contributed by atoms with Gasteiger partial charge in [0.1, 0.15) is 12.2 Å². The Morgan fingerprint density at radius 3 is 2.65 bits per heavy atom. The first-order chi connectivity index (χ1) is 10.8. The molecular weight excluding hydrogens is 440 g/mol. The highest BCUT2D eigenvalue weighted by molar-refractivity contribution is 9.10.